The maximum Gasteiger partial charge on any atom is 0.242 e. The van der Waals surface area contributed by atoms with Crippen LogP contribution < -0.4 is 5.32 Å². The molecule has 0 saturated heterocycles. The zero-order chi connectivity index (χ0) is 16.7. The second-order valence-electron chi connectivity index (χ2n) is 5.82. The van der Waals surface area contributed by atoms with Gasteiger partial charge in [0.25, 0.3) is 0 Å². The van der Waals surface area contributed by atoms with Crippen molar-refractivity contribution < 1.29 is 9.59 Å². The number of hydrogen-bond donors (Lipinski definition) is 1. The summed E-state index contributed by atoms with van der Waals surface area (Å²) in [5.41, 5.74) is 0.915. The number of nitrogens with zero attached hydrogens (tertiary/aromatic N) is 1. The molecule has 1 N–H and O–H groups in total. The molecule has 1 atom stereocenters. The number of nitrogens with one attached hydrogen (secondary N) is 1. The molecule has 0 bridgehead atoms. The van der Waals surface area contributed by atoms with Crippen LogP contribution in [0.1, 0.15) is 39.7 Å². The maximum atomic E-state index is 12.2. The minimum absolute atomic E-state index is 0.0489. The Morgan fingerprint density at radius 3 is 2.50 bits per heavy atom. The quantitative estimate of drug-likeness (QED) is 0.837. The lowest BCUT2D eigenvalue weighted by molar-refractivity contribution is -0.140. The lowest BCUT2D eigenvalue weighted by Gasteiger charge is -2.28. The standard InChI is InChI=1S/C17H25ClN2O2/c1-5-16(21)20(11-14-7-6-8-15(18)9-14)13(4)17(22)19-10-12(2)3/h6-9,12-13H,5,10-11H2,1-4H3,(H,19,22). The molecule has 1 rings (SSSR count). The topological polar surface area (TPSA) is 49.4 Å². The summed E-state index contributed by atoms with van der Waals surface area (Å²) in [5, 5.41) is 3.50. The van der Waals surface area contributed by atoms with Crippen LogP contribution in [0.2, 0.25) is 5.02 Å². The van der Waals surface area contributed by atoms with Crippen molar-refractivity contribution in [2.75, 3.05) is 6.54 Å². The molecule has 0 radical (unpaired) electrons. The molecule has 0 fully saturated rings. The van der Waals surface area contributed by atoms with E-state index in [4.69, 9.17) is 11.6 Å². The van der Waals surface area contributed by atoms with Gasteiger partial charge >= 0.3 is 0 Å². The van der Waals surface area contributed by atoms with Crippen molar-refractivity contribution in [2.45, 2.75) is 46.7 Å². The number of hydrogen-bond acceptors (Lipinski definition) is 2. The van der Waals surface area contributed by atoms with Crippen LogP contribution in [0.4, 0.5) is 0 Å². The Morgan fingerprint density at radius 2 is 1.95 bits per heavy atom. The third-order valence-corrected chi connectivity index (χ3v) is 3.63. The Bertz CT molecular complexity index is 517. The third kappa shape index (κ3) is 5.68. The molecule has 0 aromatic heterocycles. The molecule has 0 spiro atoms. The van der Waals surface area contributed by atoms with Crippen LogP contribution in [0.15, 0.2) is 24.3 Å². The zero-order valence-corrected chi connectivity index (χ0v) is 14.5. The number of benzene rings is 1. The first kappa shape index (κ1) is 18.5. The Labute approximate surface area is 137 Å². The number of halogens is 1. The molecule has 0 aliphatic heterocycles. The lowest BCUT2D eigenvalue weighted by atomic mass is 10.1. The summed E-state index contributed by atoms with van der Waals surface area (Å²) < 4.78 is 0. The summed E-state index contributed by atoms with van der Waals surface area (Å²) in [4.78, 5) is 26.0. The smallest absolute Gasteiger partial charge is 0.242 e. The van der Waals surface area contributed by atoms with Gasteiger partial charge in [0.05, 0.1) is 0 Å². The fraction of sp³-hybridized carbons (Fsp3) is 0.529. The Kier molecular flexibility index (Phi) is 7.39. The van der Waals surface area contributed by atoms with Gasteiger partial charge in [0.1, 0.15) is 6.04 Å². The van der Waals surface area contributed by atoms with E-state index in [1.54, 1.807) is 24.8 Å². The van der Waals surface area contributed by atoms with Crippen molar-refractivity contribution in [2.24, 2.45) is 5.92 Å². The highest BCUT2D eigenvalue weighted by Crippen LogP contribution is 2.15. The molecule has 2 amide bonds. The first-order valence-corrected chi connectivity index (χ1v) is 8.04. The highest BCUT2D eigenvalue weighted by Gasteiger charge is 2.25. The maximum absolute atomic E-state index is 12.2. The van der Waals surface area contributed by atoms with Gasteiger partial charge in [0.2, 0.25) is 11.8 Å². The lowest BCUT2D eigenvalue weighted by Crippen LogP contribution is -2.48. The Hall–Kier alpha value is -1.55. The van der Waals surface area contributed by atoms with Crippen molar-refractivity contribution in [3.05, 3.63) is 34.9 Å². The number of amides is 2. The van der Waals surface area contributed by atoms with Crippen LogP contribution in [0.3, 0.4) is 0 Å². The normalized spacial score (nSPS) is 12.1. The van der Waals surface area contributed by atoms with Gasteiger partial charge in [-0.2, -0.15) is 0 Å². The molecule has 122 valence electrons. The molecule has 1 unspecified atom stereocenters. The van der Waals surface area contributed by atoms with E-state index in [1.807, 2.05) is 32.0 Å². The van der Waals surface area contributed by atoms with E-state index in [2.05, 4.69) is 5.32 Å². The Morgan fingerprint density at radius 1 is 1.27 bits per heavy atom. The molecule has 5 heteroatoms. The van der Waals surface area contributed by atoms with Crippen molar-refractivity contribution in [3.63, 3.8) is 0 Å². The minimum atomic E-state index is -0.509. The summed E-state index contributed by atoms with van der Waals surface area (Å²) in [7, 11) is 0. The summed E-state index contributed by atoms with van der Waals surface area (Å²) in [6.07, 6.45) is 0.363. The van der Waals surface area contributed by atoms with Gasteiger partial charge in [0, 0.05) is 24.5 Å². The first-order valence-electron chi connectivity index (χ1n) is 7.66. The molecule has 22 heavy (non-hydrogen) atoms. The fourth-order valence-corrected chi connectivity index (χ4v) is 2.28. The van der Waals surface area contributed by atoms with Gasteiger partial charge in [-0.05, 0) is 30.5 Å². The van der Waals surface area contributed by atoms with Crippen molar-refractivity contribution in [1.29, 1.82) is 0 Å². The first-order chi connectivity index (χ1) is 10.3. The van der Waals surface area contributed by atoms with E-state index in [1.165, 1.54) is 0 Å². The van der Waals surface area contributed by atoms with Crippen LogP contribution in [0, 0.1) is 5.92 Å². The van der Waals surface area contributed by atoms with Crippen molar-refractivity contribution in [1.82, 2.24) is 10.2 Å². The number of rotatable bonds is 7. The molecule has 0 aliphatic carbocycles. The van der Waals surface area contributed by atoms with Gasteiger partial charge in [-0.3, -0.25) is 9.59 Å². The SMILES string of the molecule is CCC(=O)N(Cc1cccc(Cl)c1)C(C)C(=O)NCC(C)C. The average molecular weight is 325 g/mol. The van der Waals surface area contributed by atoms with Crippen LogP contribution in [-0.4, -0.2) is 29.3 Å². The molecule has 1 aromatic rings. The monoisotopic (exact) mass is 324 g/mol. The van der Waals surface area contributed by atoms with E-state index < -0.39 is 6.04 Å². The minimum Gasteiger partial charge on any atom is -0.354 e. The predicted octanol–water partition coefficient (Wildman–Crippen LogP) is 3.24. The fourth-order valence-electron chi connectivity index (χ4n) is 2.07. The second-order valence-corrected chi connectivity index (χ2v) is 6.26. The van der Waals surface area contributed by atoms with Gasteiger partial charge in [-0.15, -0.1) is 0 Å². The largest absolute Gasteiger partial charge is 0.354 e. The van der Waals surface area contributed by atoms with Crippen LogP contribution in [0.5, 0.6) is 0 Å². The van der Waals surface area contributed by atoms with E-state index in [-0.39, 0.29) is 11.8 Å². The van der Waals surface area contributed by atoms with Gasteiger partial charge in [-0.25, -0.2) is 0 Å². The highest BCUT2D eigenvalue weighted by molar-refractivity contribution is 6.30. The molecule has 0 saturated carbocycles. The van der Waals surface area contributed by atoms with Crippen molar-refractivity contribution >= 4 is 23.4 Å². The number of carbonyl (C=O) groups excluding carboxylic acids is 2. The average Bonchev–Trinajstić information content (AvgIpc) is 2.48. The van der Waals surface area contributed by atoms with Crippen LogP contribution >= 0.6 is 11.6 Å². The summed E-state index contributed by atoms with van der Waals surface area (Å²) in [5.74, 6) is 0.198. The summed E-state index contributed by atoms with van der Waals surface area (Å²) in [6, 6.07) is 6.84. The van der Waals surface area contributed by atoms with Gasteiger partial charge in [-0.1, -0.05) is 44.5 Å². The van der Waals surface area contributed by atoms with Gasteiger partial charge in [0.15, 0.2) is 0 Å². The molecule has 4 nitrogen and oxygen atoms in total. The third-order valence-electron chi connectivity index (χ3n) is 3.40. The Balaban J connectivity index is 2.83. The van der Waals surface area contributed by atoms with E-state index in [0.29, 0.717) is 30.5 Å². The highest BCUT2D eigenvalue weighted by atomic mass is 35.5. The zero-order valence-electron chi connectivity index (χ0n) is 13.7. The predicted molar refractivity (Wildman–Crippen MR) is 89.6 cm³/mol. The molecular formula is C17H25ClN2O2. The summed E-state index contributed by atoms with van der Waals surface area (Å²) >= 11 is 5.99. The van der Waals surface area contributed by atoms with Crippen LogP contribution in [-0.2, 0) is 16.1 Å². The van der Waals surface area contributed by atoms with Crippen LogP contribution in [0.25, 0.3) is 0 Å². The van der Waals surface area contributed by atoms with E-state index in [9.17, 15) is 9.59 Å². The van der Waals surface area contributed by atoms with Gasteiger partial charge < -0.3 is 10.2 Å². The molecular weight excluding hydrogens is 300 g/mol. The molecule has 0 heterocycles. The van der Waals surface area contributed by atoms with Crippen molar-refractivity contribution in [3.8, 4) is 0 Å². The molecule has 1 aromatic carbocycles. The number of carbonyl (C=O) groups is 2. The van der Waals surface area contributed by atoms with E-state index >= 15 is 0 Å². The second kappa shape index (κ2) is 8.79. The summed E-state index contributed by atoms with van der Waals surface area (Å²) in [6.45, 7) is 8.61. The van der Waals surface area contributed by atoms with E-state index in [0.717, 1.165) is 5.56 Å². The molecule has 0 aliphatic rings.